The maximum absolute atomic E-state index is 11.9. The average molecular weight is 430 g/mol. The molecule has 0 radical (unpaired) electrons. The van der Waals surface area contributed by atoms with Gasteiger partial charge < -0.3 is 9.80 Å². The lowest BCUT2D eigenvalue weighted by molar-refractivity contribution is -0.126. The molecule has 4 aromatic rings. The summed E-state index contributed by atoms with van der Waals surface area (Å²) < 4.78 is 0. The summed E-state index contributed by atoms with van der Waals surface area (Å²) in [6.07, 6.45) is 6.59. The van der Waals surface area contributed by atoms with E-state index in [1.54, 1.807) is 17.4 Å². The minimum atomic E-state index is -0.0369. The first kappa shape index (κ1) is 19.5. The minimum Gasteiger partial charge on any atom is -0.352 e. The van der Waals surface area contributed by atoms with Crippen LogP contribution in [0.3, 0.4) is 0 Å². The Labute approximate surface area is 184 Å². The molecule has 3 heterocycles. The number of fused-ring (bicyclic) bond motifs is 2. The predicted octanol–water partition coefficient (Wildman–Crippen LogP) is 4.33. The van der Waals surface area contributed by atoms with Crippen LogP contribution in [0.1, 0.15) is 0 Å². The summed E-state index contributed by atoms with van der Waals surface area (Å²) in [6.45, 7) is 6.23. The third kappa shape index (κ3) is 3.49. The lowest BCUT2D eigenvalue weighted by Crippen LogP contribution is -2.48. The van der Waals surface area contributed by atoms with Gasteiger partial charge in [-0.3, -0.25) is 9.78 Å². The molecule has 1 aliphatic rings. The van der Waals surface area contributed by atoms with Crippen LogP contribution < -0.4 is 4.90 Å². The highest BCUT2D eigenvalue weighted by atomic mass is 35.5. The van der Waals surface area contributed by atoms with E-state index in [4.69, 9.17) is 11.6 Å². The van der Waals surface area contributed by atoms with Crippen LogP contribution in [0.5, 0.6) is 0 Å². The Hall–Kier alpha value is -3.51. The second-order valence-corrected chi connectivity index (χ2v) is 7.87. The molecule has 0 spiro atoms. The number of nitrogens with zero attached hydrogens (tertiary/aromatic N) is 5. The van der Waals surface area contributed by atoms with Crippen LogP contribution >= 0.6 is 11.6 Å². The molecule has 154 valence electrons. The molecule has 0 atom stereocenters. The Kier molecular flexibility index (Phi) is 5.00. The van der Waals surface area contributed by atoms with E-state index in [-0.39, 0.29) is 5.91 Å². The molecule has 0 N–H and O–H groups in total. The van der Waals surface area contributed by atoms with Gasteiger partial charge in [-0.1, -0.05) is 36.4 Å². The van der Waals surface area contributed by atoms with Crippen molar-refractivity contribution >= 4 is 45.0 Å². The van der Waals surface area contributed by atoms with E-state index in [1.165, 1.54) is 6.08 Å². The number of anilines is 1. The minimum absolute atomic E-state index is 0.0369. The number of rotatable bonds is 3. The summed E-state index contributed by atoms with van der Waals surface area (Å²) in [4.78, 5) is 29.1. The first-order valence-electron chi connectivity index (χ1n) is 10.1. The topological polar surface area (TPSA) is 62.2 Å². The molecule has 1 amide bonds. The molecule has 0 saturated carbocycles. The average Bonchev–Trinajstić information content (AvgIpc) is 2.82. The molecule has 1 aliphatic heterocycles. The number of pyridine rings is 1. The SMILES string of the molecule is C=CC(=O)N1CCN(c2ncnc3cc(-c4cccc5cnccc45)c(Cl)cc23)CC1. The lowest BCUT2D eigenvalue weighted by atomic mass is 9.98. The van der Waals surface area contributed by atoms with Crippen LogP contribution in [-0.4, -0.2) is 51.9 Å². The normalized spacial score (nSPS) is 14.2. The van der Waals surface area contributed by atoms with Crippen LogP contribution in [0.4, 0.5) is 5.82 Å². The second-order valence-electron chi connectivity index (χ2n) is 7.47. The standard InChI is InChI=1S/C24H20ClN5O/c1-2-23(31)29-8-10-30(11-9-29)24-20-12-21(25)19(13-22(20)27-15-28-24)18-5-3-4-16-14-26-7-6-17(16)18/h2-7,12-15H,1,8-11H2. The van der Waals surface area contributed by atoms with Gasteiger partial charge in [0.05, 0.1) is 5.52 Å². The van der Waals surface area contributed by atoms with E-state index < -0.39 is 0 Å². The van der Waals surface area contributed by atoms with E-state index in [9.17, 15) is 4.79 Å². The van der Waals surface area contributed by atoms with Crippen molar-refractivity contribution in [2.75, 3.05) is 31.1 Å². The fourth-order valence-corrected chi connectivity index (χ4v) is 4.41. The highest BCUT2D eigenvalue weighted by Crippen LogP contribution is 2.37. The number of benzene rings is 2. The summed E-state index contributed by atoms with van der Waals surface area (Å²) in [5, 5.41) is 3.71. The van der Waals surface area contributed by atoms with Gasteiger partial charge in [0.1, 0.15) is 12.1 Å². The van der Waals surface area contributed by atoms with Gasteiger partial charge in [-0.2, -0.15) is 0 Å². The zero-order chi connectivity index (χ0) is 21.4. The van der Waals surface area contributed by atoms with Gasteiger partial charge >= 0.3 is 0 Å². The van der Waals surface area contributed by atoms with E-state index in [2.05, 4.69) is 32.5 Å². The van der Waals surface area contributed by atoms with Crippen LogP contribution in [0.2, 0.25) is 5.02 Å². The number of amides is 1. The van der Waals surface area contributed by atoms with E-state index >= 15 is 0 Å². The first-order chi connectivity index (χ1) is 15.2. The van der Waals surface area contributed by atoms with Crippen molar-refractivity contribution in [1.82, 2.24) is 19.9 Å². The van der Waals surface area contributed by atoms with Crippen molar-refractivity contribution in [2.45, 2.75) is 0 Å². The summed E-state index contributed by atoms with van der Waals surface area (Å²) >= 11 is 6.78. The first-order valence-corrected chi connectivity index (χ1v) is 10.5. The molecular weight excluding hydrogens is 410 g/mol. The molecule has 2 aromatic heterocycles. The van der Waals surface area contributed by atoms with Gasteiger partial charge in [-0.15, -0.1) is 0 Å². The van der Waals surface area contributed by atoms with Crippen molar-refractivity contribution in [3.05, 3.63) is 72.8 Å². The third-order valence-corrected chi connectivity index (χ3v) is 6.05. The van der Waals surface area contributed by atoms with Crippen molar-refractivity contribution in [1.29, 1.82) is 0 Å². The van der Waals surface area contributed by atoms with Gasteiger partial charge in [-0.25, -0.2) is 9.97 Å². The number of hydrogen-bond donors (Lipinski definition) is 0. The summed E-state index contributed by atoms with van der Waals surface area (Å²) in [6, 6.07) is 12.1. The fraction of sp³-hybridized carbons (Fsp3) is 0.167. The van der Waals surface area contributed by atoms with Gasteiger partial charge in [0.15, 0.2) is 0 Å². The van der Waals surface area contributed by atoms with E-state index in [0.29, 0.717) is 31.2 Å². The van der Waals surface area contributed by atoms with Gasteiger partial charge in [0.2, 0.25) is 5.91 Å². The van der Waals surface area contributed by atoms with Crippen LogP contribution in [-0.2, 0) is 4.79 Å². The summed E-state index contributed by atoms with van der Waals surface area (Å²) in [5.41, 5.74) is 2.81. The zero-order valence-electron chi connectivity index (χ0n) is 16.8. The quantitative estimate of drug-likeness (QED) is 0.453. The van der Waals surface area contributed by atoms with Gasteiger partial charge in [-0.05, 0) is 35.2 Å². The zero-order valence-corrected chi connectivity index (χ0v) is 17.6. The van der Waals surface area contributed by atoms with Crippen LogP contribution in [0.15, 0.2) is 67.8 Å². The molecule has 7 heteroatoms. The number of carbonyl (C=O) groups is 1. The fourth-order valence-electron chi connectivity index (χ4n) is 4.15. The number of piperazine rings is 1. The molecule has 5 rings (SSSR count). The molecular formula is C24H20ClN5O. The van der Waals surface area contributed by atoms with Crippen molar-refractivity contribution < 1.29 is 4.79 Å². The number of carbonyl (C=O) groups excluding carboxylic acids is 1. The van der Waals surface area contributed by atoms with Crippen molar-refractivity contribution in [3.63, 3.8) is 0 Å². The van der Waals surface area contributed by atoms with Crippen molar-refractivity contribution in [2.24, 2.45) is 0 Å². The van der Waals surface area contributed by atoms with Crippen LogP contribution in [0.25, 0.3) is 32.8 Å². The smallest absolute Gasteiger partial charge is 0.246 e. The highest BCUT2D eigenvalue weighted by molar-refractivity contribution is 6.34. The largest absolute Gasteiger partial charge is 0.352 e. The Morgan fingerprint density at radius 2 is 1.87 bits per heavy atom. The van der Waals surface area contributed by atoms with Crippen LogP contribution in [0, 0.1) is 0 Å². The molecule has 2 aromatic carbocycles. The molecule has 0 aliphatic carbocycles. The molecule has 0 unspecified atom stereocenters. The molecule has 1 fully saturated rings. The Morgan fingerprint density at radius 1 is 1.03 bits per heavy atom. The Balaban J connectivity index is 1.55. The third-order valence-electron chi connectivity index (χ3n) is 5.74. The monoisotopic (exact) mass is 429 g/mol. The van der Waals surface area contributed by atoms with Gasteiger partial charge in [0, 0.05) is 59.9 Å². The van der Waals surface area contributed by atoms with Crippen molar-refractivity contribution in [3.8, 4) is 11.1 Å². The summed E-state index contributed by atoms with van der Waals surface area (Å²) in [7, 11) is 0. The highest BCUT2D eigenvalue weighted by Gasteiger charge is 2.22. The second kappa shape index (κ2) is 7.96. The summed E-state index contributed by atoms with van der Waals surface area (Å²) in [5.74, 6) is 0.802. The van der Waals surface area contributed by atoms with Gasteiger partial charge in [0.25, 0.3) is 0 Å². The maximum atomic E-state index is 11.9. The molecule has 6 nitrogen and oxygen atoms in total. The predicted molar refractivity (Wildman–Crippen MR) is 124 cm³/mol. The molecule has 31 heavy (non-hydrogen) atoms. The lowest BCUT2D eigenvalue weighted by Gasteiger charge is -2.35. The number of hydrogen-bond acceptors (Lipinski definition) is 5. The molecule has 1 saturated heterocycles. The number of aromatic nitrogens is 3. The maximum Gasteiger partial charge on any atom is 0.246 e. The Morgan fingerprint density at radius 3 is 2.68 bits per heavy atom. The van der Waals surface area contributed by atoms with E-state index in [0.717, 1.165) is 38.6 Å². The Bertz CT molecular complexity index is 1310. The van der Waals surface area contributed by atoms with E-state index in [1.807, 2.05) is 36.5 Å². The molecule has 0 bridgehead atoms. The number of halogens is 1.